The van der Waals surface area contributed by atoms with Gasteiger partial charge in [0, 0.05) is 13.1 Å². The van der Waals surface area contributed by atoms with E-state index in [1.807, 2.05) is 4.90 Å². The normalized spacial score (nSPS) is 16.9. The summed E-state index contributed by atoms with van der Waals surface area (Å²) < 4.78 is 13.9. The van der Waals surface area contributed by atoms with Crippen LogP contribution in [0.1, 0.15) is 37.0 Å². The number of rotatable bonds is 3. The maximum absolute atomic E-state index is 13.9. The largest absolute Gasteiger partial charge is 0.478 e. The van der Waals surface area contributed by atoms with Gasteiger partial charge < -0.3 is 10.0 Å². The molecule has 0 radical (unpaired) electrons. The summed E-state index contributed by atoms with van der Waals surface area (Å²) >= 11 is 0. The van der Waals surface area contributed by atoms with Crippen LogP contribution in [0.3, 0.4) is 0 Å². The molecule has 0 atom stereocenters. The average molecular weight is 265 g/mol. The number of carboxylic acids is 1. The SMILES string of the molecule is CC(C)C1CCN(c2ccc(C(=O)O)cc2F)CC1. The third-order valence-electron chi connectivity index (χ3n) is 4.02. The summed E-state index contributed by atoms with van der Waals surface area (Å²) in [6.07, 6.45) is 2.13. The third kappa shape index (κ3) is 3.06. The molecule has 0 aromatic heterocycles. The van der Waals surface area contributed by atoms with E-state index in [1.54, 1.807) is 6.07 Å². The van der Waals surface area contributed by atoms with E-state index in [0.29, 0.717) is 17.5 Å². The van der Waals surface area contributed by atoms with Crippen molar-refractivity contribution in [2.75, 3.05) is 18.0 Å². The van der Waals surface area contributed by atoms with Gasteiger partial charge in [0.25, 0.3) is 0 Å². The third-order valence-corrected chi connectivity index (χ3v) is 4.02. The molecule has 3 nitrogen and oxygen atoms in total. The topological polar surface area (TPSA) is 40.5 Å². The molecular formula is C15H20FNO2. The van der Waals surface area contributed by atoms with Gasteiger partial charge in [0.15, 0.2) is 0 Å². The second kappa shape index (κ2) is 5.59. The van der Waals surface area contributed by atoms with Crippen molar-refractivity contribution in [2.24, 2.45) is 11.8 Å². The molecule has 4 heteroatoms. The predicted molar refractivity (Wildman–Crippen MR) is 73.1 cm³/mol. The van der Waals surface area contributed by atoms with Crippen molar-refractivity contribution < 1.29 is 14.3 Å². The predicted octanol–water partition coefficient (Wildman–Crippen LogP) is 3.40. The number of carbonyl (C=O) groups is 1. The van der Waals surface area contributed by atoms with E-state index in [1.165, 1.54) is 6.07 Å². The van der Waals surface area contributed by atoms with Crippen molar-refractivity contribution >= 4 is 11.7 Å². The Bertz CT molecular complexity index is 465. The summed E-state index contributed by atoms with van der Waals surface area (Å²) in [5.74, 6) is -0.161. The van der Waals surface area contributed by atoms with Crippen LogP contribution in [-0.4, -0.2) is 24.2 Å². The van der Waals surface area contributed by atoms with Crippen molar-refractivity contribution in [3.8, 4) is 0 Å². The zero-order valence-electron chi connectivity index (χ0n) is 11.4. The van der Waals surface area contributed by atoms with E-state index in [-0.39, 0.29) is 5.56 Å². The summed E-state index contributed by atoms with van der Waals surface area (Å²) in [5, 5.41) is 8.83. The minimum absolute atomic E-state index is 0.00156. The Labute approximate surface area is 113 Å². The molecule has 1 fully saturated rings. The van der Waals surface area contributed by atoms with Gasteiger partial charge in [0.2, 0.25) is 0 Å². The number of halogens is 1. The van der Waals surface area contributed by atoms with E-state index < -0.39 is 11.8 Å². The molecule has 1 aromatic carbocycles. The molecule has 1 saturated heterocycles. The van der Waals surface area contributed by atoms with E-state index in [4.69, 9.17) is 5.11 Å². The van der Waals surface area contributed by atoms with E-state index >= 15 is 0 Å². The molecule has 0 amide bonds. The number of nitrogens with zero attached hydrogens (tertiary/aromatic N) is 1. The van der Waals surface area contributed by atoms with Crippen molar-refractivity contribution in [3.63, 3.8) is 0 Å². The summed E-state index contributed by atoms with van der Waals surface area (Å²) in [6.45, 7) is 6.13. The van der Waals surface area contributed by atoms with Gasteiger partial charge >= 0.3 is 5.97 Å². The first-order valence-corrected chi connectivity index (χ1v) is 6.77. The molecule has 1 aliphatic heterocycles. The fraction of sp³-hybridized carbons (Fsp3) is 0.533. The van der Waals surface area contributed by atoms with Crippen LogP contribution in [0.15, 0.2) is 18.2 Å². The highest BCUT2D eigenvalue weighted by atomic mass is 19.1. The molecule has 0 spiro atoms. The van der Waals surface area contributed by atoms with Crippen molar-refractivity contribution in [1.29, 1.82) is 0 Å². The quantitative estimate of drug-likeness (QED) is 0.910. The lowest BCUT2D eigenvalue weighted by Gasteiger charge is -2.35. The van der Waals surface area contributed by atoms with Gasteiger partial charge in [0.1, 0.15) is 5.82 Å². The number of aromatic carboxylic acids is 1. The Hall–Kier alpha value is -1.58. The van der Waals surface area contributed by atoms with Gasteiger partial charge in [0.05, 0.1) is 11.3 Å². The van der Waals surface area contributed by atoms with Crippen molar-refractivity contribution in [1.82, 2.24) is 0 Å². The summed E-state index contributed by atoms with van der Waals surface area (Å²) in [7, 11) is 0. The van der Waals surface area contributed by atoms with E-state index in [2.05, 4.69) is 13.8 Å². The fourth-order valence-corrected chi connectivity index (χ4v) is 2.70. The number of piperidine rings is 1. The Morgan fingerprint density at radius 1 is 1.37 bits per heavy atom. The van der Waals surface area contributed by atoms with Gasteiger partial charge in [-0.2, -0.15) is 0 Å². The van der Waals surface area contributed by atoms with Crippen molar-refractivity contribution in [3.05, 3.63) is 29.6 Å². The monoisotopic (exact) mass is 265 g/mol. The second-order valence-electron chi connectivity index (χ2n) is 5.54. The molecule has 104 valence electrons. The van der Waals surface area contributed by atoms with Crippen molar-refractivity contribution in [2.45, 2.75) is 26.7 Å². The fourth-order valence-electron chi connectivity index (χ4n) is 2.70. The lowest BCUT2D eigenvalue weighted by Crippen LogP contribution is -2.35. The van der Waals surface area contributed by atoms with E-state index in [9.17, 15) is 9.18 Å². The summed E-state index contributed by atoms with van der Waals surface area (Å²) in [4.78, 5) is 12.8. The molecule has 1 heterocycles. The van der Waals surface area contributed by atoms with Crippen LogP contribution in [0.5, 0.6) is 0 Å². The lowest BCUT2D eigenvalue weighted by atomic mass is 9.86. The van der Waals surface area contributed by atoms with Gasteiger partial charge in [-0.1, -0.05) is 13.8 Å². The first-order chi connectivity index (χ1) is 8.99. The van der Waals surface area contributed by atoms with Crippen LogP contribution in [-0.2, 0) is 0 Å². The highest BCUT2D eigenvalue weighted by Crippen LogP contribution is 2.29. The highest BCUT2D eigenvalue weighted by molar-refractivity contribution is 5.88. The first-order valence-electron chi connectivity index (χ1n) is 6.77. The van der Waals surface area contributed by atoms with Gasteiger partial charge in [-0.3, -0.25) is 0 Å². The molecule has 1 N–H and O–H groups in total. The molecule has 1 aliphatic rings. The minimum Gasteiger partial charge on any atom is -0.478 e. The molecule has 19 heavy (non-hydrogen) atoms. The van der Waals surface area contributed by atoms with E-state index in [0.717, 1.165) is 32.0 Å². The number of benzene rings is 1. The smallest absolute Gasteiger partial charge is 0.335 e. The zero-order valence-corrected chi connectivity index (χ0v) is 11.4. The summed E-state index contributed by atoms with van der Waals surface area (Å²) in [6, 6.07) is 4.15. The Morgan fingerprint density at radius 3 is 2.47 bits per heavy atom. The standard InChI is InChI=1S/C15H20FNO2/c1-10(2)11-5-7-17(8-6-11)14-4-3-12(15(18)19)9-13(14)16/h3-4,9-11H,5-8H2,1-2H3,(H,18,19). The first kappa shape index (κ1) is 13.8. The molecule has 0 aliphatic carbocycles. The molecule has 1 aromatic rings. The van der Waals surface area contributed by atoms with Crippen LogP contribution in [0.4, 0.5) is 10.1 Å². The van der Waals surface area contributed by atoms with Crippen LogP contribution >= 0.6 is 0 Å². The Balaban J connectivity index is 2.09. The Morgan fingerprint density at radius 2 is 2.00 bits per heavy atom. The average Bonchev–Trinajstić information content (AvgIpc) is 2.38. The maximum atomic E-state index is 13.9. The molecule has 2 rings (SSSR count). The van der Waals surface area contributed by atoms with Gasteiger partial charge in [-0.05, 0) is 42.9 Å². The Kier molecular flexibility index (Phi) is 4.08. The number of hydrogen-bond donors (Lipinski definition) is 1. The molecule has 0 unspecified atom stereocenters. The summed E-state index contributed by atoms with van der Waals surface area (Å²) in [5.41, 5.74) is 0.519. The number of carboxylic acid groups (broad SMARTS) is 1. The maximum Gasteiger partial charge on any atom is 0.335 e. The highest BCUT2D eigenvalue weighted by Gasteiger charge is 2.23. The number of anilines is 1. The van der Waals surface area contributed by atoms with Crippen LogP contribution in [0.25, 0.3) is 0 Å². The number of hydrogen-bond acceptors (Lipinski definition) is 2. The van der Waals surface area contributed by atoms with Crippen LogP contribution < -0.4 is 4.90 Å². The zero-order chi connectivity index (χ0) is 14.0. The molecule has 0 saturated carbocycles. The second-order valence-corrected chi connectivity index (χ2v) is 5.54. The van der Waals surface area contributed by atoms with Gasteiger partial charge in [-0.15, -0.1) is 0 Å². The lowest BCUT2D eigenvalue weighted by molar-refractivity contribution is 0.0696. The molecular weight excluding hydrogens is 245 g/mol. The van der Waals surface area contributed by atoms with Crippen LogP contribution in [0, 0.1) is 17.7 Å². The minimum atomic E-state index is -1.09. The molecule has 0 bridgehead atoms. The van der Waals surface area contributed by atoms with Gasteiger partial charge in [-0.25, -0.2) is 9.18 Å². The van der Waals surface area contributed by atoms with Crippen LogP contribution in [0.2, 0.25) is 0 Å².